The minimum absolute atomic E-state index is 0.0878. The molecule has 1 N–H and O–H groups in total. The lowest BCUT2D eigenvalue weighted by Crippen LogP contribution is -2.13. The van der Waals surface area contributed by atoms with E-state index in [4.69, 9.17) is 0 Å². The third-order valence-electron chi connectivity index (χ3n) is 3.55. The lowest BCUT2D eigenvalue weighted by molar-refractivity contribution is -0.137. The molecule has 0 saturated heterocycles. The molecular weight excluding hydrogens is 363 g/mol. The maximum absolute atomic E-state index is 12.8. The van der Waals surface area contributed by atoms with Crippen molar-refractivity contribution in [3.63, 3.8) is 0 Å². The van der Waals surface area contributed by atoms with E-state index >= 15 is 0 Å². The highest BCUT2D eigenvalue weighted by Gasteiger charge is 2.34. The summed E-state index contributed by atoms with van der Waals surface area (Å²) in [5.41, 5.74) is -0.135. The summed E-state index contributed by atoms with van der Waals surface area (Å²) >= 11 is 4.97. The second-order valence-electron chi connectivity index (χ2n) is 5.17. The van der Waals surface area contributed by atoms with E-state index in [0.717, 1.165) is 18.9 Å². The molecule has 1 atom stereocenters. The highest BCUT2D eigenvalue weighted by atomic mass is 79.9. The van der Waals surface area contributed by atoms with Crippen LogP contribution in [0.2, 0.25) is 0 Å². The number of hydrogen-bond donors (Lipinski definition) is 1. The summed E-state index contributed by atoms with van der Waals surface area (Å²) < 4.78 is 39.2. The fourth-order valence-electron chi connectivity index (χ4n) is 2.30. The zero-order valence-electron chi connectivity index (χ0n) is 11.0. The van der Waals surface area contributed by atoms with Gasteiger partial charge >= 0.3 is 6.18 Å². The Morgan fingerprint density at radius 1 is 1.24 bits per heavy atom. The van der Waals surface area contributed by atoms with Gasteiger partial charge in [0.15, 0.2) is 0 Å². The SMILES string of the molecule is FC(F)(F)c1ccc(Br)c(NC(c2cccs2)C2CC2)c1. The van der Waals surface area contributed by atoms with Crippen molar-refractivity contribution in [1.29, 1.82) is 0 Å². The van der Waals surface area contributed by atoms with Gasteiger partial charge in [0.25, 0.3) is 0 Å². The Balaban J connectivity index is 1.89. The molecule has 1 saturated carbocycles. The first-order valence-corrected chi connectivity index (χ1v) is 8.29. The molecule has 0 bridgehead atoms. The molecule has 1 fully saturated rings. The van der Waals surface area contributed by atoms with Crippen molar-refractivity contribution in [3.05, 3.63) is 50.6 Å². The van der Waals surface area contributed by atoms with Gasteiger partial charge < -0.3 is 5.32 Å². The minimum Gasteiger partial charge on any atom is -0.376 e. The van der Waals surface area contributed by atoms with Crippen LogP contribution in [0.4, 0.5) is 18.9 Å². The lowest BCUT2D eigenvalue weighted by atomic mass is 10.1. The van der Waals surface area contributed by atoms with Crippen molar-refractivity contribution in [1.82, 2.24) is 0 Å². The molecule has 2 aromatic rings. The smallest absolute Gasteiger partial charge is 0.376 e. The summed E-state index contributed by atoms with van der Waals surface area (Å²) in [5, 5.41) is 5.28. The number of halogens is 4. The molecule has 0 radical (unpaired) electrons. The van der Waals surface area contributed by atoms with E-state index in [1.165, 1.54) is 17.0 Å². The molecule has 3 rings (SSSR count). The van der Waals surface area contributed by atoms with Gasteiger partial charge in [-0.05, 0) is 64.3 Å². The van der Waals surface area contributed by atoms with Crippen LogP contribution in [0, 0.1) is 5.92 Å². The average molecular weight is 376 g/mol. The molecular formula is C15H13BrF3NS. The van der Waals surface area contributed by atoms with Gasteiger partial charge in [-0.3, -0.25) is 0 Å². The Bertz CT molecular complexity index is 620. The van der Waals surface area contributed by atoms with Gasteiger partial charge in [0.1, 0.15) is 0 Å². The van der Waals surface area contributed by atoms with Crippen LogP contribution in [0.5, 0.6) is 0 Å². The van der Waals surface area contributed by atoms with E-state index in [0.29, 0.717) is 16.1 Å². The first-order chi connectivity index (χ1) is 9.95. The number of anilines is 1. The van der Waals surface area contributed by atoms with Gasteiger partial charge in [-0.1, -0.05) is 6.07 Å². The summed E-state index contributed by atoms with van der Waals surface area (Å²) in [7, 11) is 0. The van der Waals surface area contributed by atoms with Crippen LogP contribution in [-0.4, -0.2) is 0 Å². The molecule has 0 amide bonds. The fourth-order valence-corrected chi connectivity index (χ4v) is 3.53. The molecule has 1 nitrogen and oxygen atoms in total. The van der Waals surface area contributed by atoms with Crippen LogP contribution in [0.15, 0.2) is 40.2 Å². The molecule has 112 valence electrons. The Hall–Kier alpha value is -1.01. The minimum atomic E-state index is -4.32. The normalized spacial score (nSPS) is 16.8. The summed E-state index contributed by atoms with van der Waals surface area (Å²) in [6.07, 6.45) is -2.09. The molecule has 21 heavy (non-hydrogen) atoms. The fraction of sp³-hybridized carbons (Fsp3) is 0.333. The van der Waals surface area contributed by atoms with Crippen LogP contribution in [0.1, 0.15) is 29.3 Å². The Kier molecular flexibility index (Phi) is 4.01. The molecule has 1 aliphatic carbocycles. The van der Waals surface area contributed by atoms with Crippen molar-refractivity contribution >= 4 is 33.0 Å². The summed E-state index contributed by atoms with van der Waals surface area (Å²) in [5.74, 6) is 0.505. The average Bonchev–Trinajstić information content (AvgIpc) is 3.11. The summed E-state index contributed by atoms with van der Waals surface area (Å²) in [6.45, 7) is 0. The molecule has 1 aromatic heterocycles. The topological polar surface area (TPSA) is 12.0 Å². The van der Waals surface area contributed by atoms with E-state index in [1.54, 1.807) is 11.3 Å². The molecule has 1 aliphatic rings. The monoisotopic (exact) mass is 375 g/mol. The predicted octanol–water partition coefficient (Wildman–Crippen LogP) is 6.09. The Morgan fingerprint density at radius 2 is 2.00 bits per heavy atom. The quantitative estimate of drug-likeness (QED) is 0.681. The first-order valence-electron chi connectivity index (χ1n) is 6.62. The molecule has 6 heteroatoms. The number of rotatable bonds is 4. The van der Waals surface area contributed by atoms with Crippen LogP contribution in [-0.2, 0) is 6.18 Å². The van der Waals surface area contributed by atoms with E-state index in [1.807, 2.05) is 17.5 Å². The van der Waals surface area contributed by atoms with E-state index in [-0.39, 0.29) is 6.04 Å². The number of benzene rings is 1. The molecule has 0 spiro atoms. The number of alkyl halides is 3. The van der Waals surface area contributed by atoms with E-state index < -0.39 is 11.7 Å². The lowest BCUT2D eigenvalue weighted by Gasteiger charge is -2.20. The van der Waals surface area contributed by atoms with Crippen molar-refractivity contribution in [2.45, 2.75) is 25.1 Å². The van der Waals surface area contributed by atoms with Crippen molar-refractivity contribution < 1.29 is 13.2 Å². The maximum atomic E-state index is 12.8. The number of hydrogen-bond acceptors (Lipinski definition) is 2. The van der Waals surface area contributed by atoms with Crippen LogP contribution in [0.25, 0.3) is 0 Å². The predicted molar refractivity (Wildman–Crippen MR) is 82.6 cm³/mol. The van der Waals surface area contributed by atoms with Crippen LogP contribution < -0.4 is 5.32 Å². The van der Waals surface area contributed by atoms with Gasteiger partial charge in [-0.15, -0.1) is 11.3 Å². The number of thiophene rings is 1. The second kappa shape index (κ2) is 5.65. The van der Waals surface area contributed by atoms with Crippen LogP contribution in [0.3, 0.4) is 0 Å². The van der Waals surface area contributed by atoms with Crippen molar-refractivity contribution in [2.75, 3.05) is 5.32 Å². The Morgan fingerprint density at radius 3 is 2.57 bits per heavy atom. The zero-order valence-corrected chi connectivity index (χ0v) is 13.4. The Labute approximate surface area is 133 Å². The van der Waals surface area contributed by atoms with Crippen molar-refractivity contribution in [2.24, 2.45) is 5.92 Å². The summed E-state index contributed by atoms with van der Waals surface area (Å²) in [4.78, 5) is 1.17. The van der Waals surface area contributed by atoms with Crippen LogP contribution >= 0.6 is 27.3 Å². The van der Waals surface area contributed by atoms with Gasteiger partial charge in [-0.25, -0.2) is 0 Å². The van der Waals surface area contributed by atoms with Gasteiger partial charge in [0.2, 0.25) is 0 Å². The van der Waals surface area contributed by atoms with Gasteiger partial charge in [-0.2, -0.15) is 13.2 Å². The highest BCUT2D eigenvalue weighted by Crippen LogP contribution is 2.45. The molecule has 1 heterocycles. The number of nitrogens with one attached hydrogen (secondary N) is 1. The van der Waals surface area contributed by atoms with Gasteiger partial charge in [0.05, 0.1) is 11.6 Å². The highest BCUT2D eigenvalue weighted by molar-refractivity contribution is 9.10. The van der Waals surface area contributed by atoms with Gasteiger partial charge in [0, 0.05) is 15.0 Å². The molecule has 1 unspecified atom stereocenters. The zero-order chi connectivity index (χ0) is 15.0. The van der Waals surface area contributed by atoms with Crippen molar-refractivity contribution in [3.8, 4) is 0 Å². The maximum Gasteiger partial charge on any atom is 0.416 e. The largest absolute Gasteiger partial charge is 0.416 e. The first kappa shape index (κ1) is 14.9. The standard InChI is InChI=1S/C15H13BrF3NS/c16-11-6-5-10(15(17,18)19)8-12(11)20-14(9-3-4-9)13-2-1-7-21-13/h1-2,5-9,14,20H,3-4H2. The second-order valence-corrected chi connectivity index (χ2v) is 7.00. The summed E-state index contributed by atoms with van der Waals surface area (Å²) in [6, 6.07) is 7.80. The molecule has 0 aliphatic heterocycles. The van der Waals surface area contributed by atoms with E-state index in [9.17, 15) is 13.2 Å². The third kappa shape index (κ3) is 3.43. The van der Waals surface area contributed by atoms with E-state index in [2.05, 4.69) is 21.2 Å². The molecule has 1 aromatic carbocycles. The third-order valence-corrected chi connectivity index (χ3v) is 5.19.